The molecule has 0 radical (unpaired) electrons. The SMILES string of the molecule is Cc1ccc(Sc2cc(N3CCCC[C@H]3CO)ncn2)cc1C. The van der Waals surface area contributed by atoms with Gasteiger partial charge >= 0.3 is 0 Å². The second-order valence-electron chi connectivity index (χ2n) is 6.09. The quantitative estimate of drug-likeness (QED) is 0.869. The van der Waals surface area contributed by atoms with E-state index in [2.05, 4.69) is 46.9 Å². The topological polar surface area (TPSA) is 49.2 Å². The lowest BCUT2D eigenvalue weighted by Gasteiger charge is -2.35. The van der Waals surface area contributed by atoms with Crippen molar-refractivity contribution in [3.8, 4) is 0 Å². The molecular formula is C18H23N3OS. The largest absolute Gasteiger partial charge is 0.394 e. The Balaban J connectivity index is 1.80. The molecule has 1 saturated heterocycles. The first-order chi connectivity index (χ1) is 11.2. The number of aliphatic hydroxyl groups is 1. The van der Waals surface area contributed by atoms with E-state index in [-0.39, 0.29) is 12.6 Å². The second kappa shape index (κ2) is 7.32. The van der Waals surface area contributed by atoms with Gasteiger partial charge in [0.2, 0.25) is 0 Å². The molecule has 2 aromatic rings. The smallest absolute Gasteiger partial charge is 0.133 e. The molecule has 0 spiro atoms. The lowest BCUT2D eigenvalue weighted by molar-refractivity contribution is 0.239. The summed E-state index contributed by atoms with van der Waals surface area (Å²) in [6, 6.07) is 8.68. The number of aliphatic hydroxyl groups excluding tert-OH is 1. The van der Waals surface area contributed by atoms with Crippen molar-refractivity contribution in [2.45, 2.75) is 49.1 Å². The van der Waals surface area contributed by atoms with E-state index < -0.39 is 0 Å². The van der Waals surface area contributed by atoms with Crippen LogP contribution < -0.4 is 4.90 Å². The zero-order chi connectivity index (χ0) is 16.2. The molecule has 1 fully saturated rings. The molecule has 1 N–H and O–H groups in total. The van der Waals surface area contributed by atoms with Crippen molar-refractivity contribution in [1.29, 1.82) is 0 Å². The number of anilines is 1. The molecule has 0 unspecified atom stereocenters. The van der Waals surface area contributed by atoms with Crippen molar-refractivity contribution in [2.75, 3.05) is 18.1 Å². The molecule has 2 heterocycles. The summed E-state index contributed by atoms with van der Waals surface area (Å²) < 4.78 is 0. The fourth-order valence-corrected chi connectivity index (χ4v) is 3.81. The molecule has 0 bridgehead atoms. The van der Waals surface area contributed by atoms with Gasteiger partial charge in [-0.1, -0.05) is 17.8 Å². The van der Waals surface area contributed by atoms with Gasteiger partial charge in [-0.25, -0.2) is 9.97 Å². The standard InChI is InChI=1S/C18H23N3OS/c1-13-6-7-16(9-14(13)2)23-18-10-17(19-12-20-18)21-8-4-3-5-15(21)11-22/h6-7,9-10,12,15,22H,3-5,8,11H2,1-2H3/t15-/m0/s1. The maximum atomic E-state index is 9.59. The highest BCUT2D eigenvalue weighted by Crippen LogP contribution is 2.30. The van der Waals surface area contributed by atoms with Crippen LogP contribution in [0, 0.1) is 13.8 Å². The van der Waals surface area contributed by atoms with Gasteiger partial charge < -0.3 is 10.0 Å². The van der Waals surface area contributed by atoms with E-state index in [1.165, 1.54) is 22.4 Å². The van der Waals surface area contributed by atoms with Gasteiger partial charge in [0, 0.05) is 17.5 Å². The predicted octanol–water partition coefficient (Wildman–Crippen LogP) is 3.60. The summed E-state index contributed by atoms with van der Waals surface area (Å²) in [6.45, 7) is 5.39. The Morgan fingerprint density at radius 1 is 1.17 bits per heavy atom. The van der Waals surface area contributed by atoms with Gasteiger partial charge in [0.1, 0.15) is 17.2 Å². The Morgan fingerprint density at radius 3 is 2.83 bits per heavy atom. The molecule has 5 heteroatoms. The van der Waals surface area contributed by atoms with Crippen molar-refractivity contribution < 1.29 is 5.11 Å². The van der Waals surface area contributed by atoms with E-state index in [1.807, 2.05) is 6.07 Å². The summed E-state index contributed by atoms with van der Waals surface area (Å²) in [5.74, 6) is 0.921. The Hall–Kier alpha value is -1.59. The summed E-state index contributed by atoms with van der Waals surface area (Å²) in [4.78, 5) is 12.2. The molecule has 0 saturated carbocycles. The molecule has 122 valence electrons. The highest BCUT2D eigenvalue weighted by atomic mass is 32.2. The molecule has 23 heavy (non-hydrogen) atoms. The normalized spacial score (nSPS) is 18.2. The molecule has 1 aromatic carbocycles. The predicted molar refractivity (Wildman–Crippen MR) is 94.1 cm³/mol. The molecule has 1 aliphatic rings. The van der Waals surface area contributed by atoms with Crippen molar-refractivity contribution in [3.63, 3.8) is 0 Å². The molecule has 1 aliphatic heterocycles. The number of aromatic nitrogens is 2. The minimum Gasteiger partial charge on any atom is -0.394 e. The van der Waals surface area contributed by atoms with E-state index >= 15 is 0 Å². The first-order valence-electron chi connectivity index (χ1n) is 8.12. The van der Waals surface area contributed by atoms with Crippen LogP contribution in [0.2, 0.25) is 0 Å². The van der Waals surface area contributed by atoms with Crippen LogP contribution in [0.1, 0.15) is 30.4 Å². The van der Waals surface area contributed by atoms with Gasteiger partial charge in [-0.05, 0) is 56.4 Å². The monoisotopic (exact) mass is 329 g/mol. The van der Waals surface area contributed by atoms with Gasteiger partial charge in [-0.3, -0.25) is 0 Å². The van der Waals surface area contributed by atoms with Crippen LogP contribution in [0.3, 0.4) is 0 Å². The molecule has 1 atom stereocenters. The number of nitrogens with zero attached hydrogens (tertiary/aromatic N) is 3. The fraction of sp³-hybridized carbons (Fsp3) is 0.444. The lowest BCUT2D eigenvalue weighted by Crippen LogP contribution is -2.42. The zero-order valence-corrected chi connectivity index (χ0v) is 14.5. The van der Waals surface area contributed by atoms with Crippen molar-refractivity contribution in [2.24, 2.45) is 0 Å². The fourth-order valence-electron chi connectivity index (χ4n) is 2.93. The summed E-state index contributed by atoms with van der Waals surface area (Å²) in [5, 5.41) is 10.5. The summed E-state index contributed by atoms with van der Waals surface area (Å²) in [6.07, 6.45) is 4.99. The Labute approximate surface area is 142 Å². The maximum Gasteiger partial charge on any atom is 0.133 e. The number of hydrogen-bond acceptors (Lipinski definition) is 5. The molecule has 0 aliphatic carbocycles. The van der Waals surface area contributed by atoms with E-state index in [4.69, 9.17) is 0 Å². The van der Waals surface area contributed by atoms with Crippen LogP contribution in [-0.4, -0.2) is 34.3 Å². The van der Waals surface area contributed by atoms with Crippen LogP contribution >= 0.6 is 11.8 Å². The minimum absolute atomic E-state index is 0.179. The summed E-state index contributed by atoms with van der Waals surface area (Å²) in [7, 11) is 0. The van der Waals surface area contributed by atoms with Crippen LogP contribution in [0.15, 0.2) is 40.5 Å². The molecular weight excluding hydrogens is 306 g/mol. The zero-order valence-electron chi connectivity index (χ0n) is 13.7. The third-order valence-electron chi connectivity index (χ3n) is 4.46. The van der Waals surface area contributed by atoms with Crippen LogP contribution in [0.4, 0.5) is 5.82 Å². The Bertz CT molecular complexity index is 677. The Kier molecular flexibility index (Phi) is 5.18. The molecule has 4 nitrogen and oxygen atoms in total. The van der Waals surface area contributed by atoms with Gasteiger partial charge in [-0.15, -0.1) is 0 Å². The van der Waals surface area contributed by atoms with Gasteiger partial charge in [-0.2, -0.15) is 0 Å². The summed E-state index contributed by atoms with van der Waals surface area (Å²) >= 11 is 1.66. The van der Waals surface area contributed by atoms with Crippen molar-refractivity contribution in [3.05, 3.63) is 41.7 Å². The second-order valence-corrected chi connectivity index (χ2v) is 7.18. The highest BCUT2D eigenvalue weighted by molar-refractivity contribution is 7.99. The average molecular weight is 329 g/mol. The van der Waals surface area contributed by atoms with Crippen molar-refractivity contribution in [1.82, 2.24) is 9.97 Å². The molecule has 1 aromatic heterocycles. The number of piperidine rings is 1. The highest BCUT2D eigenvalue weighted by Gasteiger charge is 2.23. The number of rotatable bonds is 4. The average Bonchev–Trinajstić information content (AvgIpc) is 2.58. The van der Waals surface area contributed by atoms with Crippen LogP contribution in [0.25, 0.3) is 0 Å². The van der Waals surface area contributed by atoms with E-state index in [0.717, 1.165) is 30.2 Å². The van der Waals surface area contributed by atoms with E-state index in [0.29, 0.717) is 0 Å². The van der Waals surface area contributed by atoms with Crippen molar-refractivity contribution >= 4 is 17.6 Å². The van der Waals surface area contributed by atoms with Gasteiger partial charge in [0.15, 0.2) is 0 Å². The Morgan fingerprint density at radius 2 is 2.04 bits per heavy atom. The van der Waals surface area contributed by atoms with Gasteiger partial charge in [0.25, 0.3) is 0 Å². The third-order valence-corrected chi connectivity index (χ3v) is 5.38. The maximum absolute atomic E-state index is 9.59. The summed E-state index contributed by atoms with van der Waals surface area (Å²) in [5.41, 5.74) is 2.59. The van der Waals surface area contributed by atoms with Crippen LogP contribution in [-0.2, 0) is 0 Å². The molecule has 0 amide bonds. The number of benzene rings is 1. The third kappa shape index (κ3) is 3.85. The van der Waals surface area contributed by atoms with E-state index in [9.17, 15) is 5.11 Å². The van der Waals surface area contributed by atoms with Crippen LogP contribution in [0.5, 0.6) is 0 Å². The van der Waals surface area contributed by atoms with E-state index in [1.54, 1.807) is 18.1 Å². The van der Waals surface area contributed by atoms with Gasteiger partial charge in [0.05, 0.1) is 12.6 Å². The lowest BCUT2D eigenvalue weighted by atomic mass is 10.0. The first-order valence-corrected chi connectivity index (χ1v) is 8.93. The number of aryl methyl sites for hydroxylation is 2. The molecule has 3 rings (SSSR count). The first kappa shape index (κ1) is 16.3. The minimum atomic E-state index is 0.179. The number of hydrogen-bond donors (Lipinski definition) is 1.